The SMILES string of the molecule is Cc1ccc2c(=O)n(C3CCC(=O)NC3=O)c(C)nc2c1. The molecule has 1 aliphatic rings. The van der Waals surface area contributed by atoms with Crippen molar-refractivity contribution in [1.82, 2.24) is 14.9 Å². The number of nitrogens with one attached hydrogen (secondary N) is 1. The summed E-state index contributed by atoms with van der Waals surface area (Å²) < 4.78 is 1.39. The van der Waals surface area contributed by atoms with Gasteiger partial charge in [0.05, 0.1) is 10.9 Å². The van der Waals surface area contributed by atoms with Crippen molar-refractivity contribution in [1.29, 1.82) is 0 Å². The highest BCUT2D eigenvalue weighted by atomic mass is 16.2. The van der Waals surface area contributed by atoms with E-state index in [4.69, 9.17) is 0 Å². The molecular formula is C15H15N3O3. The first-order chi connectivity index (χ1) is 9.97. The van der Waals surface area contributed by atoms with Crippen LogP contribution in [0.5, 0.6) is 0 Å². The highest BCUT2D eigenvalue weighted by Gasteiger charge is 2.30. The number of rotatable bonds is 1. The summed E-state index contributed by atoms with van der Waals surface area (Å²) in [6, 6.07) is 4.74. The Kier molecular flexibility index (Phi) is 3.08. The van der Waals surface area contributed by atoms with Crippen LogP contribution >= 0.6 is 0 Å². The molecule has 0 spiro atoms. The summed E-state index contributed by atoms with van der Waals surface area (Å²) in [6.45, 7) is 3.63. The lowest BCUT2D eigenvalue weighted by Crippen LogP contribution is -2.45. The maximum absolute atomic E-state index is 12.6. The Morgan fingerprint density at radius 1 is 1.24 bits per heavy atom. The summed E-state index contributed by atoms with van der Waals surface area (Å²) in [5.74, 6) is -0.261. The fourth-order valence-corrected chi connectivity index (χ4v) is 2.72. The van der Waals surface area contributed by atoms with Gasteiger partial charge in [-0.15, -0.1) is 0 Å². The number of nitrogens with zero attached hydrogens (tertiary/aromatic N) is 2. The summed E-state index contributed by atoms with van der Waals surface area (Å²) in [5.41, 5.74) is 1.40. The van der Waals surface area contributed by atoms with Gasteiger partial charge < -0.3 is 0 Å². The molecule has 1 fully saturated rings. The Labute approximate surface area is 120 Å². The van der Waals surface area contributed by atoms with Gasteiger partial charge in [-0.25, -0.2) is 4.98 Å². The standard InChI is InChI=1S/C15H15N3O3/c1-8-3-4-10-11(7-8)16-9(2)18(15(10)21)12-5-6-13(19)17-14(12)20/h3-4,7,12H,5-6H2,1-2H3,(H,17,19,20). The topological polar surface area (TPSA) is 81.1 Å². The number of imide groups is 1. The average Bonchev–Trinajstić information content (AvgIpc) is 2.40. The largest absolute Gasteiger partial charge is 0.295 e. The van der Waals surface area contributed by atoms with E-state index in [1.807, 2.05) is 19.1 Å². The molecule has 6 nitrogen and oxygen atoms in total. The van der Waals surface area contributed by atoms with Gasteiger partial charge in [0.25, 0.3) is 5.56 Å². The summed E-state index contributed by atoms with van der Waals surface area (Å²) in [6.07, 6.45) is 0.554. The van der Waals surface area contributed by atoms with Crippen molar-refractivity contribution < 1.29 is 9.59 Å². The number of aromatic nitrogens is 2. The van der Waals surface area contributed by atoms with Gasteiger partial charge in [-0.2, -0.15) is 0 Å². The number of carbonyl (C=O) groups excluding carboxylic acids is 2. The maximum Gasteiger partial charge on any atom is 0.262 e. The van der Waals surface area contributed by atoms with Gasteiger partial charge in [0.1, 0.15) is 11.9 Å². The second-order valence-corrected chi connectivity index (χ2v) is 5.32. The van der Waals surface area contributed by atoms with E-state index in [1.165, 1.54) is 4.57 Å². The van der Waals surface area contributed by atoms with E-state index in [2.05, 4.69) is 10.3 Å². The summed E-state index contributed by atoms with van der Waals surface area (Å²) in [7, 11) is 0. The van der Waals surface area contributed by atoms with Crippen molar-refractivity contribution in [2.24, 2.45) is 0 Å². The minimum absolute atomic E-state index is 0.230. The molecular weight excluding hydrogens is 270 g/mol. The number of hydrogen-bond acceptors (Lipinski definition) is 4. The summed E-state index contributed by atoms with van der Waals surface area (Å²) >= 11 is 0. The third-order valence-electron chi connectivity index (χ3n) is 3.76. The van der Waals surface area contributed by atoms with E-state index in [9.17, 15) is 14.4 Å². The van der Waals surface area contributed by atoms with Crippen LogP contribution in [0.2, 0.25) is 0 Å². The van der Waals surface area contributed by atoms with E-state index in [0.29, 0.717) is 23.1 Å². The molecule has 0 aliphatic carbocycles. The smallest absolute Gasteiger partial charge is 0.262 e. The van der Waals surface area contributed by atoms with Gasteiger partial charge in [0.15, 0.2) is 0 Å². The van der Waals surface area contributed by atoms with Gasteiger partial charge in [-0.1, -0.05) is 6.07 Å². The maximum atomic E-state index is 12.6. The predicted molar refractivity (Wildman–Crippen MR) is 76.9 cm³/mol. The zero-order chi connectivity index (χ0) is 15.1. The third-order valence-corrected chi connectivity index (χ3v) is 3.76. The zero-order valence-corrected chi connectivity index (χ0v) is 11.8. The van der Waals surface area contributed by atoms with E-state index in [0.717, 1.165) is 5.56 Å². The monoisotopic (exact) mass is 285 g/mol. The summed E-state index contributed by atoms with van der Waals surface area (Å²) in [4.78, 5) is 40.3. The van der Waals surface area contributed by atoms with Crippen molar-refractivity contribution in [3.05, 3.63) is 39.9 Å². The molecule has 1 atom stereocenters. The molecule has 1 unspecified atom stereocenters. The lowest BCUT2D eigenvalue weighted by atomic mass is 10.1. The van der Waals surface area contributed by atoms with Crippen LogP contribution in [-0.2, 0) is 9.59 Å². The number of hydrogen-bond donors (Lipinski definition) is 1. The van der Waals surface area contributed by atoms with Crippen molar-refractivity contribution in [3.8, 4) is 0 Å². The average molecular weight is 285 g/mol. The Hall–Kier alpha value is -2.50. The lowest BCUT2D eigenvalue weighted by Gasteiger charge is -2.24. The van der Waals surface area contributed by atoms with Gasteiger partial charge in [0.2, 0.25) is 11.8 Å². The van der Waals surface area contributed by atoms with Gasteiger partial charge in [0, 0.05) is 6.42 Å². The van der Waals surface area contributed by atoms with Crippen molar-refractivity contribution in [2.75, 3.05) is 0 Å². The molecule has 108 valence electrons. The van der Waals surface area contributed by atoms with Crippen molar-refractivity contribution in [3.63, 3.8) is 0 Å². The molecule has 21 heavy (non-hydrogen) atoms. The van der Waals surface area contributed by atoms with Gasteiger partial charge >= 0.3 is 0 Å². The van der Waals surface area contributed by atoms with Gasteiger partial charge in [-0.05, 0) is 38.0 Å². The molecule has 0 bridgehead atoms. The van der Waals surface area contributed by atoms with E-state index in [-0.39, 0.29) is 17.9 Å². The molecule has 1 aromatic carbocycles. The molecule has 1 aromatic heterocycles. The number of piperidine rings is 1. The molecule has 0 saturated carbocycles. The summed E-state index contributed by atoms with van der Waals surface area (Å²) in [5, 5.41) is 2.76. The first kappa shape index (κ1) is 13.5. The van der Waals surface area contributed by atoms with Crippen LogP contribution in [0.25, 0.3) is 10.9 Å². The first-order valence-electron chi connectivity index (χ1n) is 6.80. The molecule has 1 saturated heterocycles. The molecule has 1 N–H and O–H groups in total. The highest BCUT2D eigenvalue weighted by Crippen LogP contribution is 2.20. The second-order valence-electron chi connectivity index (χ2n) is 5.32. The van der Waals surface area contributed by atoms with Crippen LogP contribution in [0.3, 0.4) is 0 Å². The molecule has 0 radical (unpaired) electrons. The van der Waals surface area contributed by atoms with Crippen LogP contribution < -0.4 is 10.9 Å². The van der Waals surface area contributed by atoms with Crippen LogP contribution in [0.1, 0.15) is 30.3 Å². The Balaban J connectivity index is 2.19. The fraction of sp³-hybridized carbons (Fsp3) is 0.333. The molecule has 6 heteroatoms. The lowest BCUT2D eigenvalue weighted by molar-refractivity contribution is -0.135. The Bertz CT molecular complexity index is 823. The number of fused-ring (bicyclic) bond motifs is 1. The van der Waals surface area contributed by atoms with E-state index < -0.39 is 11.9 Å². The molecule has 1 aliphatic heterocycles. The van der Waals surface area contributed by atoms with E-state index >= 15 is 0 Å². The third kappa shape index (κ3) is 2.22. The van der Waals surface area contributed by atoms with Crippen LogP contribution in [0.15, 0.2) is 23.0 Å². The zero-order valence-electron chi connectivity index (χ0n) is 11.8. The van der Waals surface area contributed by atoms with Crippen LogP contribution in [0, 0.1) is 13.8 Å². The number of carbonyl (C=O) groups is 2. The second kappa shape index (κ2) is 4.80. The minimum atomic E-state index is -0.673. The molecule has 2 heterocycles. The highest BCUT2D eigenvalue weighted by molar-refractivity contribution is 5.99. The molecule has 2 amide bonds. The van der Waals surface area contributed by atoms with Crippen LogP contribution in [0.4, 0.5) is 0 Å². The number of aryl methyl sites for hydroxylation is 2. The van der Waals surface area contributed by atoms with Crippen molar-refractivity contribution in [2.45, 2.75) is 32.7 Å². The quantitative estimate of drug-likeness (QED) is 0.792. The fourth-order valence-electron chi connectivity index (χ4n) is 2.72. The van der Waals surface area contributed by atoms with E-state index in [1.54, 1.807) is 13.0 Å². The molecule has 2 aromatic rings. The van der Waals surface area contributed by atoms with Gasteiger partial charge in [-0.3, -0.25) is 24.3 Å². The Morgan fingerprint density at radius 2 is 2.00 bits per heavy atom. The Morgan fingerprint density at radius 3 is 2.71 bits per heavy atom. The normalized spacial score (nSPS) is 18.9. The van der Waals surface area contributed by atoms with Crippen LogP contribution in [-0.4, -0.2) is 21.4 Å². The first-order valence-corrected chi connectivity index (χ1v) is 6.80. The number of benzene rings is 1. The minimum Gasteiger partial charge on any atom is -0.295 e. The predicted octanol–water partition coefficient (Wildman–Crippen LogP) is 0.991. The number of amides is 2. The molecule has 3 rings (SSSR count). The van der Waals surface area contributed by atoms with Crippen molar-refractivity contribution >= 4 is 22.7 Å².